The summed E-state index contributed by atoms with van der Waals surface area (Å²) in [6.45, 7) is 2.20. The number of halogens is 2. The van der Waals surface area contributed by atoms with Crippen LogP contribution >= 0.6 is 11.6 Å². The maximum absolute atomic E-state index is 14.4. The minimum absolute atomic E-state index is 0.0155. The summed E-state index contributed by atoms with van der Waals surface area (Å²) in [6.07, 6.45) is 1.46. The summed E-state index contributed by atoms with van der Waals surface area (Å²) >= 11 is 5.87. The first-order valence-corrected chi connectivity index (χ1v) is 9.80. The lowest BCUT2D eigenvalue weighted by molar-refractivity contribution is -0.122. The summed E-state index contributed by atoms with van der Waals surface area (Å²) in [6, 6.07) is 8.07. The van der Waals surface area contributed by atoms with Gasteiger partial charge >= 0.3 is 0 Å². The summed E-state index contributed by atoms with van der Waals surface area (Å²) in [5, 5.41) is 3.51. The molecule has 0 bridgehead atoms. The maximum Gasteiger partial charge on any atom is 0.237 e. The second kappa shape index (κ2) is 9.42. The number of nitrogens with zero attached hydrogens (tertiary/aromatic N) is 2. The molecular formula is C21H23ClFN5O3. The van der Waals surface area contributed by atoms with Crippen molar-refractivity contribution in [2.75, 3.05) is 25.6 Å². The number of amides is 1. The Labute approximate surface area is 183 Å². The number of aromatic nitrogens is 2. The van der Waals surface area contributed by atoms with Gasteiger partial charge in [-0.25, -0.2) is 14.4 Å². The van der Waals surface area contributed by atoms with Crippen LogP contribution in [0.5, 0.6) is 5.75 Å². The molecule has 1 aromatic heterocycles. The Morgan fingerprint density at radius 3 is 2.77 bits per heavy atom. The Balaban J connectivity index is 2.08. The van der Waals surface area contributed by atoms with Crippen molar-refractivity contribution in [3.63, 3.8) is 0 Å². The lowest BCUT2D eigenvalue weighted by Crippen LogP contribution is -2.51. The molecule has 3 rings (SSSR count). The van der Waals surface area contributed by atoms with Gasteiger partial charge in [0.1, 0.15) is 24.5 Å². The van der Waals surface area contributed by atoms with Crippen LogP contribution in [0.3, 0.4) is 0 Å². The fourth-order valence-electron chi connectivity index (χ4n) is 2.95. The molecule has 0 aliphatic heterocycles. The minimum atomic E-state index is -1.31. The summed E-state index contributed by atoms with van der Waals surface area (Å²) < 4.78 is 25.2. The molecule has 0 spiro atoms. The second-order valence-corrected chi connectivity index (χ2v) is 7.63. The van der Waals surface area contributed by atoms with E-state index in [4.69, 9.17) is 32.5 Å². The number of ether oxygens (including phenoxy) is 2. The number of hydrogen-bond acceptors (Lipinski definition) is 7. The molecule has 31 heavy (non-hydrogen) atoms. The van der Waals surface area contributed by atoms with E-state index in [0.717, 1.165) is 0 Å². The highest BCUT2D eigenvalue weighted by atomic mass is 35.5. The van der Waals surface area contributed by atoms with Gasteiger partial charge in [0.2, 0.25) is 5.91 Å². The SMILES string of the molecule is COCCOc1cc2ncnc(Nc3cccc(Cl)c3F)c2cc1C[C@](C)(N)C(N)=O. The fraction of sp³-hybridized carbons (Fsp3) is 0.286. The predicted octanol–water partition coefficient (Wildman–Crippen LogP) is 2.94. The largest absolute Gasteiger partial charge is 0.491 e. The number of primary amides is 1. The predicted molar refractivity (Wildman–Crippen MR) is 117 cm³/mol. The van der Waals surface area contributed by atoms with Gasteiger partial charge in [0.25, 0.3) is 0 Å². The molecule has 1 atom stereocenters. The van der Waals surface area contributed by atoms with Crippen LogP contribution in [0.1, 0.15) is 12.5 Å². The topological polar surface area (TPSA) is 125 Å². The summed E-state index contributed by atoms with van der Waals surface area (Å²) in [5.41, 5.74) is 11.6. The first-order valence-electron chi connectivity index (χ1n) is 9.42. The lowest BCUT2D eigenvalue weighted by Gasteiger charge is -2.23. The highest BCUT2D eigenvalue weighted by Gasteiger charge is 2.28. The zero-order valence-electron chi connectivity index (χ0n) is 17.1. The second-order valence-electron chi connectivity index (χ2n) is 7.23. The molecule has 1 heterocycles. The molecule has 3 aromatic rings. The van der Waals surface area contributed by atoms with Gasteiger partial charge in [-0.05, 0) is 30.7 Å². The molecular weight excluding hydrogens is 425 g/mol. The molecule has 0 saturated carbocycles. The molecule has 0 aliphatic rings. The number of carbonyl (C=O) groups excluding carboxylic acids is 1. The van der Waals surface area contributed by atoms with Crippen molar-refractivity contribution < 1.29 is 18.7 Å². The van der Waals surface area contributed by atoms with Crippen LogP contribution < -0.4 is 21.5 Å². The monoisotopic (exact) mass is 447 g/mol. The molecule has 1 amide bonds. The van der Waals surface area contributed by atoms with E-state index in [0.29, 0.717) is 34.6 Å². The summed E-state index contributed by atoms with van der Waals surface area (Å²) in [5.74, 6) is -0.409. The Kier molecular flexibility index (Phi) is 6.89. The zero-order valence-corrected chi connectivity index (χ0v) is 17.9. The fourth-order valence-corrected chi connectivity index (χ4v) is 3.12. The smallest absolute Gasteiger partial charge is 0.237 e. The van der Waals surface area contributed by atoms with Crippen molar-refractivity contribution in [3.05, 3.63) is 53.1 Å². The van der Waals surface area contributed by atoms with Crippen molar-refractivity contribution in [1.82, 2.24) is 9.97 Å². The number of anilines is 2. The molecule has 0 aliphatic carbocycles. The van der Waals surface area contributed by atoms with Crippen molar-refractivity contribution in [2.24, 2.45) is 11.5 Å². The Hall–Kier alpha value is -3.01. The molecule has 0 unspecified atom stereocenters. The van der Waals surface area contributed by atoms with Gasteiger partial charge in [-0.1, -0.05) is 17.7 Å². The van der Waals surface area contributed by atoms with E-state index >= 15 is 0 Å². The quantitative estimate of drug-likeness (QED) is 0.430. The third-order valence-corrected chi connectivity index (χ3v) is 4.98. The van der Waals surface area contributed by atoms with Crippen LogP contribution in [0.4, 0.5) is 15.9 Å². The Bertz CT molecular complexity index is 1110. The van der Waals surface area contributed by atoms with E-state index < -0.39 is 17.3 Å². The zero-order chi connectivity index (χ0) is 22.6. The van der Waals surface area contributed by atoms with E-state index in [2.05, 4.69) is 15.3 Å². The van der Waals surface area contributed by atoms with E-state index in [1.807, 2.05) is 0 Å². The number of rotatable bonds is 9. The number of nitrogens with two attached hydrogens (primary N) is 2. The van der Waals surface area contributed by atoms with Crippen molar-refractivity contribution in [3.8, 4) is 5.75 Å². The van der Waals surface area contributed by atoms with Crippen molar-refractivity contribution in [1.29, 1.82) is 0 Å². The summed E-state index contributed by atoms with van der Waals surface area (Å²) in [4.78, 5) is 20.3. The van der Waals surface area contributed by atoms with Gasteiger partial charge in [-0.15, -0.1) is 0 Å². The van der Waals surface area contributed by atoms with Crippen LogP contribution in [0.25, 0.3) is 10.9 Å². The molecule has 5 N–H and O–H groups in total. The van der Waals surface area contributed by atoms with Gasteiger partial charge in [0, 0.05) is 25.0 Å². The average Bonchev–Trinajstić information content (AvgIpc) is 2.72. The summed E-state index contributed by atoms with van der Waals surface area (Å²) in [7, 11) is 1.56. The van der Waals surface area contributed by atoms with Crippen LogP contribution in [-0.2, 0) is 16.0 Å². The number of benzene rings is 2. The minimum Gasteiger partial charge on any atom is -0.491 e. The van der Waals surface area contributed by atoms with E-state index in [9.17, 15) is 9.18 Å². The Morgan fingerprint density at radius 2 is 2.06 bits per heavy atom. The van der Waals surface area contributed by atoms with E-state index in [1.54, 1.807) is 38.3 Å². The van der Waals surface area contributed by atoms with Gasteiger partial charge in [-0.3, -0.25) is 4.79 Å². The van der Waals surface area contributed by atoms with Crippen molar-refractivity contribution >= 4 is 39.9 Å². The van der Waals surface area contributed by atoms with E-state index in [1.165, 1.54) is 12.4 Å². The first-order chi connectivity index (χ1) is 14.7. The number of nitrogens with one attached hydrogen (secondary N) is 1. The number of fused-ring (bicyclic) bond motifs is 1. The molecule has 0 radical (unpaired) electrons. The van der Waals surface area contributed by atoms with Crippen molar-refractivity contribution in [2.45, 2.75) is 18.9 Å². The van der Waals surface area contributed by atoms with Crippen LogP contribution in [0, 0.1) is 5.82 Å². The van der Waals surface area contributed by atoms with Gasteiger partial charge in [0.15, 0.2) is 5.82 Å². The highest BCUT2D eigenvalue weighted by molar-refractivity contribution is 6.31. The van der Waals surface area contributed by atoms with Gasteiger partial charge in [0.05, 0.1) is 28.4 Å². The molecule has 0 saturated heterocycles. The van der Waals surface area contributed by atoms with Gasteiger partial charge < -0.3 is 26.3 Å². The van der Waals surface area contributed by atoms with E-state index in [-0.39, 0.29) is 23.7 Å². The lowest BCUT2D eigenvalue weighted by atomic mass is 9.92. The number of methoxy groups -OCH3 is 1. The molecule has 8 nitrogen and oxygen atoms in total. The average molecular weight is 448 g/mol. The molecule has 2 aromatic carbocycles. The molecule has 10 heteroatoms. The first kappa shape index (κ1) is 22.7. The van der Waals surface area contributed by atoms with Crippen LogP contribution in [-0.4, -0.2) is 41.7 Å². The highest BCUT2D eigenvalue weighted by Crippen LogP contribution is 2.33. The molecule has 0 fully saturated rings. The third kappa shape index (κ3) is 5.19. The Morgan fingerprint density at radius 1 is 1.29 bits per heavy atom. The normalized spacial score (nSPS) is 13.1. The number of hydrogen-bond donors (Lipinski definition) is 3. The van der Waals surface area contributed by atoms with Gasteiger partial charge in [-0.2, -0.15) is 0 Å². The number of carbonyl (C=O) groups is 1. The van der Waals surface area contributed by atoms with Crippen LogP contribution in [0.2, 0.25) is 5.02 Å². The van der Waals surface area contributed by atoms with Crippen LogP contribution in [0.15, 0.2) is 36.7 Å². The maximum atomic E-state index is 14.4. The standard InChI is InChI=1S/C21H23ClFN5O3/c1-21(25,20(24)29)10-12-8-13-16(9-17(12)31-7-6-30-2)26-11-27-19(13)28-15-5-3-4-14(22)18(15)23/h3-5,8-9,11H,6-7,10,25H2,1-2H3,(H2,24,29)(H,26,27,28)/t21-/m0/s1. The molecule has 164 valence electrons. The third-order valence-electron chi connectivity index (χ3n) is 4.69.